The zero-order valence-corrected chi connectivity index (χ0v) is 8.75. The summed E-state index contributed by atoms with van der Waals surface area (Å²) in [5.74, 6) is 0.132. The van der Waals surface area contributed by atoms with Gasteiger partial charge in [-0.25, -0.2) is 0 Å². The molecule has 1 rings (SSSR count). The summed E-state index contributed by atoms with van der Waals surface area (Å²) in [6.07, 6.45) is 1.47. The predicted octanol–water partition coefficient (Wildman–Crippen LogP) is 0.361. The van der Waals surface area contributed by atoms with Crippen molar-refractivity contribution in [1.82, 2.24) is 5.32 Å². The Kier molecular flexibility index (Phi) is 5.75. The number of Topliss-reactive ketones (excluding diaryl/α,β-unsaturated/α-hetero) is 1. The molecular weight excluding hydrogens is 182 g/mol. The van der Waals surface area contributed by atoms with Gasteiger partial charge in [0.15, 0.2) is 5.78 Å². The number of nitrogens with one attached hydrogen (secondary N) is 1. The van der Waals surface area contributed by atoms with Crippen LogP contribution in [0.3, 0.4) is 0 Å². The molecule has 1 unspecified atom stereocenters. The van der Waals surface area contributed by atoms with Gasteiger partial charge in [0.05, 0.1) is 12.7 Å². The number of hydrogen-bond donors (Lipinski definition) is 1. The van der Waals surface area contributed by atoms with Crippen LogP contribution in [0.1, 0.15) is 19.8 Å². The van der Waals surface area contributed by atoms with E-state index in [9.17, 15) is 4.79 Å². The number of carbonyl (C=O) groups excluding carboxylic acids is 1. The minimum absolute atomic E-state index is 0.0430. The van der Waals surface area contributed by atoms with Crippen molar-refractivity contribution in [1.29, 1.82) is 0 Å². The van der Waals surface area contributed by atoms with Gasteiger partial charge in [-0.1, -0.05) is 6.92 Å². The van der Waals surface area contributed by atoms with E-state index < -0.39 is 0 Å². The molecule has 1 atom stereocenters. The Bertz CT molecular complexity index is 167. The normalized spacial score (nSPS) is 22.2. The van der Waals surface area contributed by atoms with Crippen LogP contribution in [0, 0.1) is 0 Å². The summed E-state index contributed by atoms with van der Waals surface area (Å²) < 4.78 is 10.6. The molecule has 14 heavy (non-hydrogen) atoms. The molecule has 0 aromatic heterocycles. The Labute approximate surface area is 85.0 Å². The molecule has 4 nitrogen and oxygen atoms in total. The number of morpholine rings is 1. The maximum Gasteiger partial charge on any atom is 0.161 e. The average Bonchev–Trinajstić information content (AvgIpc) is 2.20. The van der Waals surface area contributed by atoms with Crippen LogP contribution in [-0.2, 0) is 14.3 Å². The van der Waals surface area contributed by atoms with E-state index >= 15 is 0 Å². The summed E-state index contributed by atoms with van der Waals surface area (Å²) in [7, 11) is 0. The largest absolute Gasteiger partial charge is 0.375 e. The monoisotopic (exact) mass is 201 g/mol. The fourth-order valence-electron chi connectivity index (χ4n) is 1.39. The Balaban J connectivity index is 2.06. The molecule has 0 amide bonds. The van der Waals surface area contributed by atoms with Gasteiger partial charge < -0.3 is 14.8 Å². The fraction of sp³-hybridized carbons (Fsp3) is 0.900. The molecular formula is C10H19NO3. The van der Waals surface area contributed by atoms with E-state index in [0.29, 0.717) is 19.6 Å². The molecule has 1 aliphatic heterocycles. The third kappa shape index (κ3) is 4.69. The minimum Gasteiger partial charge on any atom is -0.375 e. The highest BCUT2D eigenvalue weighted by Crippen LogP contribution is 2.02. The van der Waals surface area contributed by atoms with Gasteiger partial charge in [0.25, 0.3) is 0 Å². The van der Waals surface area contributed by atoms with Gasteiger partial charge in [0.2, 0.25) is 0 Å². The zero-order chi connectivity index (χ0) is 10.2. The van der Waals surface area contributed by atoms with Gasteiger partial charge in [-0.15, -0.1) is 0 Å². The van der Waals surface area contributed by atoms with E-state index in [1.165, 1.54) is 0 Å². The van der Waals surface area contributed by atoms with E-state index in [0.717, 1.165) is 19.5 Å². The van der Waals surface area contributed by atoms with Gasteiger partial charge in [-0.2, -0.15) is 0 Å². The third-order valence-corrected chi connectivity index (χ3v) is 2.07. The van der Waals surface area contributed by atoms with Crippen molar-refractivity contribution in [3.63, 3.8) is 0 Å². The first-order valence-corrected chi connectivity index (χ1v) is 5.24. The number of ether oxygens (including phenoxy) is 2. The summed E-state index contributed by atoms with van der Waals surface area (Å²) in [6.45, 7) is 5.28. The molecule has 82 valence electrons. The summed E-state index contributed by atoms with van der Waals surface area (Å²) in [5, 5.41) is 3.19. The van der Waals surface area contributed by atoms with E-state index in [4.69, 9.17) is 9.47 Å². The molecule has 1 saturated heterocycles. The maximum absolute atomic E-state index is 11.4. The van der Waals surface area contributed by atoms with Crippen LogP contribution in [0.2, 0.25) is 0 Å². The Hall–Kier alpha value is -0.450. The molecule has 0 saturated carbocycles. The smallest absolute Gasteiger partial charge is 0.161 e. The van der Waals surface area contributed by atoms with Crippen molar-refractivity contribution >= 4 is 5.78 Å². The summed E-state index contributed by atoms with van der Waals surface area (Å²) in [5.41, 5.74) is 0. The van der Waals surface area contributed by atoms with Crippen molar-refractivity contribution in [2.24, 2.45) is 0 Å². The first kappa shape index (κ1) is 11.6. The topological polar surface area (TPSA) is 47.6 Å². The molecule has 4 heteroatoms. The van der Waals surface area contributed by atoms with Crippen molar-refractivity contribution in [2.75, 3.05) is 32.9 Å². The lowest BCUT2D eigenvalue weighted by Gasteiger charge is -2.22. The van der Waals surface area contributed by atoms with Crippen LogP contribution in [-0.4, -0.2) is 44.8 Å². The first-order chi connectivity index (χ1) is 6.83. The van der Waals surface area contributed by atoms with E-state index in [2.05, 4.69) is 5.32 Å². The lowest BCUT2D eigenvalue weighted by molar-refractivity contribution is -0.126. The van der Waals surface area contributed by atoms with Gasteiger partial charge in [0.1, 0.15) is 6.61 Å². The van der Waals surface area contributed by atoms with Gasteiger partial charge >= 0.3 is 0 Å². The molecule has 0 aromatic carbocycles. The predicted molar refractivity (Wildman–Crippen MR) is 53.3 cm³/mol. The van der Waals surface area contributed by atoms with Crippen molar-refractivity contribution in [3.8, 4) is 0 Å². The van der Waals surface area contributed by atoms with Gasteiger partial charge in [-0.05, 0) is 6.42 Å². The molecule has 1 N–H and O–H groups in total. The SMILES string of the molecule is CCCOCC(=O)CC1CNCCO1. The average molecular weight is 201 g/mol. The van der Waals surface area contributed by atoms with Gasteiger partial charge in [-0.3, -0.25) is 4.79 Å². The van der Waals surface area contributed by atoms with E-state index in [1.54, 1.807) is 0 Å². The second-order valence-electron chi connectivity index (χ2n) is 3.49. The van der Waals surface area contributed by atoms with Crippen LogP contribution in [0.4, 0.5) is 0 Å². The number of hydrogen-bond acceptors (Lipinski definition) is 4. The number of carbonyl (C=O) groups is 1. The van der Waals surface area contributed by atoms with Crippen molar-refractivity contribution < 1.29 is 14.3 Å². The summed E-state index contributed by atoms with van der Waals surface area (Å²) in [6, 6.07) is 0. The first-order valence-electron chi connectivity index (χ1n) is 5.24. The molecule has 0 radical (unpaired) electrons. The van der Waals surface area contributed by atoms with Crippen LogP contribution < -0.4 is 5.32 Å². The minimum atomic E-state index is 0.0430. The highest BCUT2D eigenvalue weighted by molar-refractivity contribution is 5.80. The third-order valence-electron chi connectivity index (χ3n) is 2.07. The molecule has 1 fully saturated rings. The summed E-state index contributed by atoms with van der Waals surface area (Å²) in [4.78, 5) is 11.4. The Morgan fingerprint density at radius 3 is 3.14 bits per heavy atom. The maximum atomic E-state index is 11.4. The number of rotatable bonds is 6. The lowest BCUT2D eigenvalue weighted by Crippen LogP contribution is -2.40. The van der Waals surface area contributed by atoms with Crippen LogP contribution in [0.5, 0.6) is 0 Å². The Morgan fingerprint density at radius 1 is 1.64 bits per heavy atom. The molecule has 0 bridgehead atoms. The molecule has 0 aromatic rings. The van der Waals surface area contributed by atoms with Gasteiger partial charge in [0, 0.05) is 26.1 Å². The molecule has 1 heterocycles. The zero-order valence-electron chi connectivity index (χ0n) is 8.75. The van der Waals surface area contributed by atoms with Crippen molar-refractivity contribution in [3.05, 3.63) is 0 Å². The van der Waals surface area contributed by atoms with Crippen LogP contribution in [0.25, 0.3) is 0 Å². The number of ketones is 1. The molecule has 0 aliphatic carbocycles. The van der Waals surface area contributed by atoms with E-state index in [-0.39, 0.29) is 18.5 Å². The van der Waals surface area contributed by atoms with E-state index in [1.807, 2.05) is 6.92 Å². The molecule has 1 aliphatic rings. The standard InChI is InChI=1S/C10H19NO3/c1-2-4-13-8-9(12)6-10-7-11-3-5-14-10/h10-11H,2-8H2,1H3. The molecule has 0 spiro atoms. The second-order valence-corrected chi connectivity index (χ2v) is 3.49. The second kappa shape index (κ2) is 6.92. The summed E-state index contributed by atoms with van der Waals surface area (Å²) >= 11 is 0. The quantitative estimate of drug-likeness (QED) is 0.630. The van der Waals surface area contributed by atoms with Crippen LogP contribution in [0.15, 0.2) is 0 Å². The fourth-order valence-corrected chi connectivity index (χ4v) is 1.39. The Morgan fingerprint density at radius 2 is 2.50 bits per heavy atom. The lowest BCUT2D eigenvalue weighted by atomic mass is 10.1. The van der Waals surface area contributed by atoms with Crippen LogP contribution >= 0.6 is 0 Å². The van der Waals surface area contributed by atoms with Crippen molar-refractivity contribution in [2.45, 2.75) is 25.9 Å². The highest BCUT2D eigenvalue weighted by atomic mass is 16.5. The highest BCUT2D eigenvalue weighted by Gasteiger charge is 2.16.